The fraction of sp³-hybridized carbons (Fsp3) is 0.667. The number of nitrogens with zero attached hydrogens (tertiary/aromatic N) is 2. The highest BCUT2D eigenvalue weighted by Gasteiger charge is 2.26. The molecule has 1 atom stereocenters. The van der Waals surface area contributed by atoms with Crippen LogP contribution < -0.4 is 10.1 Å². The van der Waals surface area contributed by atoms with E-state index in [4.69, 9.17) is 4.74 Å². The normalized spacial score (nSPS) is 20.5. The van der Waals surface area contributed by atoms with Crippen LogP contribution in [-0.2, 0) is 11.3 Å². The van der Waals surface area contributed by atoms with Crippen LogP contribution in [0, 0.1) is 17.7 Å². The van der Waals surface area contributed by atoms with Gasteiger partial charge in [-0.2, -0.15) is 0 Å². The Labute approximate surface area is 161 Å². The molecule has 1 N–H and O–H groups in total. The predicted octanol–water partition coefficient (Wildman–Crippen LogP) is 2.50. The van der Waals surface area contributed by atoms with Gasteiger partial charge < -0.3 is 15.0 Å². The molecule has 0 radical (unpaired) electrons. The molecule has 1 aromatic rings. The van der Waals surface area contributed by atoms with Crippen LogP contribution in [0.1, 0.15) is 31.7 Å². The summed E-state index contributed by atoms with van der Waals surface area (Å²) in [7, 11) is 1.47. The fourth-order valence-corrected chi connectivity index (χ4v) is 4.21. The number of rotatable bonds is 6. The van der Waals surface area contributed by atoms with Crippen molar-refractivity contribution < 1.29 is 13.9 Å². The molecule has 2 aliphatic heterocycles. The molecule has 0 aliphatic carbocycles. The Kier molecular flexibility index (Phi) is 7.07. The Balaban J connectivity index is 1.44. The van der Waals surface area contributed by atoms with E-state index in [1.807, 2.05) is 11.0 Å². The number of benzene rings is 1. The molecule has 0 aromatic heterocycles. The molecule has 2 saturated heterocycles. The van der Waals surface area contributed by atoms with Gasteiger partial charge in [0.25, 0.3) is 0 Å². The Bertz CT molecular complexity index is 626. The van der Waals surface area contributed by atoms with Gasteiger partial charge in [-0.3, -0.25) is 9.69 Å². The average molecular weight is 378 g/mol. The van der Waals surface area contributed by atoms with Crippen molar-refractivity contribution in [3.05, 3.63) is 29.6 Å². The summed E-state index contributed by atoms with van der Waals surface area (Å²) in [5, 5.41) is 3.39. The van der Waals surface area contributed by atoms with Crippen LogP contribution in [-0.4, -0.2) is 62.1 Å². The number of halogens is 1. The summed E-state index contributed by atoms with van der Waals surface area (Å²) in [4.78, 5) is 16.9. The summed E-state index contributed by atoms with van der Waals surface area (Å²) < 4.78 is 18.8. The molecule has 27 heavy (non-hydrogen) atoms. The molecule has 150 valence electrons. The van der Waals surface area contributed by atoms with Crippen molar-refractivity contribution in [3.63, 3.8) is 0 Å². The van der Waals surface area contributed by atoms with Gasteiger partial charge in [-0.05, 0) is 55.5 Å². The summed E-state index contributed by atoms with van der Waals surface area (Å²) >= 11 is 0. The molecule has 2 fully saturated rings. The molecule has 0 spiro atoms. The number of piperidine rings is 1. The number of nitrogens with one attached hydrogen (secondary N) is 1. The molecule has 5 nitrogen and oxygen atoms in total. The first kappa shape index (κ1) is 20.1. The van der Waals surface area contributed by atoms with E-state index < -0.39 is 0 Å². The van der Waals surface area contributed by atoms with E-state index in [1.165, 1.54) is 26.0 Å². The van der Waals surface area contributed by atoms with E-state index in [2.05, 4.69) is 17.1 Å². The lowest BCUT2D eigenvalue weighted by Crippen LogP contribution is -2.48. The standard InChI is InChI=1S/C21H32FN3O2/c1-16(18-5-7-23-8-6-18)13-21(26)25-11-9-24(10-12-25)15-17-3-4-20(27-2)19(22)14-17/h3-4,14,16,18,23H,5-13,15H2,1-2H3. The van der Waals surface area contributed by atoms with Crippen LogP contribution in [0.5, 0.6) is 5.75 Å². The van der Waals surface area contributed by atoms with Crippen molar-refractivity contribution >= 4 is 5.91 Å². The van der Waals surface area contributed by atoms with E-state index in [-0.39, 0.29) is 17.5 Å². The topological polar surface area (TPSA) is 44.8 Å². The van der Waals surface area contributed by atoms with Crippen LogP contribution in [0.25, 0.3) is 0 Å². The lowest BCUT2D eigenvalue weighted by Gasteiger charge is -2.36. The minimum Gasteiger partial charge on any atom is -0.494 e. The molecule has 0 saturated carbocycles. The molecular weight excluding hydrogens is 345 g/mol. The van der Waals surface area contributed by atoms with Gasteiger partial charge in [-0.25, -0.2) is 4.39 Å². The zero-order valence-corrected chi connectivity index (χ0v) is 16.5. The maximum atomic E-state index is 13.8. The van der Waals surface area contributed by atoms with Gasteiger partial charge >= 0.3 is 0 Å². The van der Waals surface area contributed by atoms with Crippen molar-refractivity contribution in [2.24, 2.45) is 11.8 Å². The maximum Gasteiger partial charge on any atom is 0.222 e. The highest BCUT2D eigenvalue weighted by molar-refractivity contribution is 5.76. The van der Waals surface area contributed by atoms with Gasteiger partial charge in [0.05, 0.1) is 7.11 Å². The molecule has 1 unspecified atom stereocenters. The minimum absolute atomic E-state index is 0.275. The molecule has 2 heterocycles. The predicted molar refractivity (Wildman–Crippen MR) is 104 cm³/mol. The Morgan fingerprint density at radius 1 is 1.26 bits per heavy atom. The van der Waals surface area contributed by atoms with E-state index in [0.717, 1.165) is 44.8 Å². The van der Waals surface area contributed by atoms with E-state index in [9.17, 15) is 9.18 Å². The largest absolute Gasteiger partial charge is 0.494 e. The summed E-state index contributed by atoms with van der Waals surface area (Å²) in [6.07, 6.45) is 3.02. The van der Waals surface area contributed by atoms with Crippen molar-refractivity contribution in [1.29, 1.82) is 0 Å². The van der Waals surface area contributed by atoms with Crippen molar-refractivity contribution in [2.45, 2.75) is 32.7 Å². The first-order valence-corrected chi connectivity index (χ1v) is 10.1. The number of ether oxygens (including phenoxy) is 1. The van der Waals surface area contributed by atoms with Crippen LogP contribution in [0.3, 0.4) is 0 Å². The van der Waals surface area contributed by atoms with Crippen LogP contribution in [0.4, 0.5) is 4.39 Å². The Hall–Kier alpha value is -1.66. The minimum atomic E-state index is -0.323. The van der Waals surface area contributed by atoms with Gasteiger partial charge in [-0.1, -0.05) is 13.0 Å². The number of hydrogen-bond donors (Lipinski definition) is 1. The first-order chi connectivity index (χ1) is 13.1. The number of piperazine rings is 1. The zero-order chi connectivity index (χ0) is 19.2. The third-order valence-electron chi connectivity index (χ3n) is 6.03. The van der Waals surface area contributed by atoms with Crippen LogP contribution in [0.15, 0.2) is 18.2 Å². The third-order valence-corrected chi connectivity index (χ3v) is 6.03. The number of carbonyl (C=O) groups is 1. The molecule has 6 heteroatoms. The van der Waals surface area contributed by atoms with Gasteiger partial charge in [-0.15, -0.1) is 0 Å². The molecule has 1 amide bonds. The van der Waals surface area contributed by atoms with Gasteiger partial charge in [0, 0.05) is 39.1 Å². The SMILES string of the molecule is COc1ccc(CN2CCN(C(=O)CC(C)C3CCNCC3)CC2)cc1F. The van der Waals surface area contributed by atoms with Gasteiger partial charge in [0.15, 0.2) is 11.6 Å². The van der Waals surface area contributed by atoms with Crippen molar-refractivity contribution in [1.82, 2.24) is 15.1 Å². The number of hydrogen-bond acceptors (Lipinski definition) is 4. The summed E-state index contributed by atoms with van der Waals surface area (Å²) in [6, 6.07) is 5.11. The highest BCUT2D eigenvalue weighted by Crippen LogP contribution is 2.25. The highest BCUT2D eigenvalue weighted by atomic mass is 19.1. The first-order valence-electron chi connectivity index (χ1n) is 10.1. The average Bonchev–Trinajstić information content (AvgIpc) is 2.69. The monoisotopic (exact) mass is 377 g/mol. The van der Waals surface area contributed by atoms with E-state index in [1.54, 1.807) is 6.07 Å². The molecule has 2 aliphatic rings. The lowest BCUT2D eigenvalue weighted by atomic mass is 9.84. The zero-order valence-electron chi connectivity index (χ0n) is 16.5. The maximum absolute atomic E-state index is 13.8. The van der Waals surface area contributed by atoms with Gasteiger partial charge in [0.2, 0.25) is 5.91 Å². The molecular formula is C21H32FN3O2. The number of carbonyl (C=O) groups excluding carboxylic acids is 1. The van der Waals surface area contributed by atoms with E-state index in [0.29, 0.717) is 24.8 Å². The van der Waals surface area contributed by atoms with E-state index >= 15 is 0 Å². The summed E-state index contributed by atoms with van der Waals surface area (Å²) in [5.41, 5.74) is 0.938. The van der Waals surface area contributed by atoms with Crippen molar-refractivity contribution in [2.75, 3.05) is 46.4 Å². The molecule has 0 bridgehead atoms. The quantitative estimate of drug-likeness (QED) is 0.827. The second-order valence-electron chi connectivity index (χ2n) is 7.89. The fourth-order valence-electron chi connectivity index (χ4n) is 4.21. The smallest absolute Gasteiger partial charge is 0.222 e. The molecule has 3 rings (SSSR count). The third kappa shape index (κ3) is 5.42. The Morgan fingerprint density at radius 2 is 1.96 bits per heavy atom. The second kappa shape index (κ2) is 9.51. The Morgan fingerprint density at radius 3 is 2.59 bits per heavy atom. The lowest BCUT2D eigenvalue weighted by molar-refractivity contribution is -0.134. The number of methoxy groups -OCH3 is 1. The van der Waals surface area contributed by atoms with Crippen LogP contribution >= 0.6 is 0 Å². The second-order valence-corrected chi connectivity index (χ2v) is 7.89. The van der Waals surface area contributed by atoms with Crippen molar-refractivity contribution in [3.8, 4) is 5.75 Å². The summed E-state index contributed by atoms with van der Waals surface area (Å²) in [5.74, 6) is 1.37. The van der Waals surface area contributed by atoms with Gasteiger partial charge in [0.1, 0.15) is 0 Å². The summed E-state index contributed by atoms with van der Waals surface area (Å²) in [6.45, 7) is 8.27. The van der Waals surface area contributed by atoms with Crippen LogP contribution in [0.2, 0.25) is 0 Å². The number of amides is 1. The molecule has 1 aromatic carbocycles.